The van der Waals surface area contributed by atoms with Gasteiger partial charge in [-0.3, -0.25) is 4.98 Å². The number of nitrogens with zero attached hydrogens (tertiary/aromatic N) is 2. The minimum atomic E-state index is 0.703. The van der Waals surface area contributed by atoms with E-state index in [4.69, 9.17) is 5.26 Å². The SMILES string of the molecule is Cc1cc(C)c2cc(C#N)cc(C)c2n1. The molecule has 2 rings (SSSR count). The van der Waals surface area contributed by atoms with E-state index in [0.29, 0.717) is 5.56 Å². The van der Waals surface area contributed by atoms with Crippen LogP contribution in [0.3, 0.4) is 0 Å². The number of aryl methyl sites for hydroxylation is 3. The Hall–Kier alpha value is -1.88. The molecule has 0 aliphatic heterocycles. The van der Waals surface area contributed by atoms with Crippen LogP contribution in [0, 0.1) is 32.1 Å². The quantitative estimate of drug-likeness (QED) is 0.649. The van der Waals surface area contributed by atoms with Crippen LogP contribution in [0.2, 0.25) is 0 Å². The minimum absolute atomic E-state index is 0.703. The van der Waals surface area contributed by atoms with Crippen LogP contribution in [0.1, 0.15) is 22.4 Å². The van der Waals surface area contributed by atoms with E-state index in [-0.39, 0.29) is 0 Å². The molecule has 0 unspecified atom stereocenters. The van der Waals surface area contributed by atoms with Crippen molar-refractivity contribution in [3.63, 3.8) is 0 Å². The summed E-state index contributed by atoms with van der Waals surface area (Å²) in [5.74, 6) is 0. The molecule has 0 saturated carbocycles. The summed E-state index contributed by atoms with van der Waals surface area (Å²) in [5, 5.41) is 9.98. The molecule has 1 aromatic heterocycles. The molecule has 0 atom stereocenters. The number of fused-ring (bicyclic) bond motifs is 1. The third-order valence-electron chi connectivity index (χ3n) is 2.57. The molecule has 74 valence electrons. The summed E-state index contributed by atoms with van der Waals surface area (Å²) in [5.41, 5.74) is 4.97. The molecule has 0 spiro atoms. The highest BCUT2D eigenvalue weighted by Gasteiger charge is 2.05. The lowest BCUT2D eigenvalue weighted by atomic mass is 10.0. The maximum atomic E-state index is 8.90. The predicted octanol–water partition coefficient (Wildman–Crippen LogP) is 3.03. The zero-order chi connectivity index (χ0) is 11.0. The standard InChI is InChI=1S/C13H12N2/c1-8-4-10(3)15-13-9(2)5-11(7-14)6-12(8)13/h4-6H,1-3H3. The number of aromatic nitrogens is 1. The summed E-state index contributed by atoms with van der Waals surface area (Å²) >= 11 is 0. The first-order valence-electron chi connectivity index (χ1n) is 4.90. The normalized spacial score (nSPS) is 10.3. The van der Waals surface area contributed by atoms with Crippen LogP contribution in [0.4, 0.5) is 0 Å². The number of hydrogen-bond donors (Lipinski definition) is 0. The molecule has 2 heteroatoms. The van der Waals surface area contributed by atoms with Crippen molar-refractivity contribution in [3.05, 3.63) is 40.6 Å². The molecule has 0 amide bonds. The Morgan fingerprint density at radius 1 is 1.07 bits per heavy atom. The Balaban J connectivity index is 2.93. The van der Waals surface area contributed by atoms with Crippen molar-refractivity contribution in [2.45, 2.75) is 20.8 Å². The molecule has 0 saturated heterocycles. The highest BCUT2D eigenvalue weighted by Crippen LogP contribution is 2.22. The van der Waals surface area contributed by atoms with Crippen molar-refractivity contribution in [1.82, 2.24) is 4.98 Å². The van der Waals surface area contributed by atoms with Gasteiger partial charge >= 0.3 is 0 Å². The van der Waals surface area contributed by atoms with Crippen LogP contribution < -0.4 is 0 Å². The molecule has 2 nitrogen and oxygen atoms in total. The van der Waals surface area contributed by atoms with Crippen LogP contribution in [0.15, 0.2) is 18.2 Å². The van der Waals surface area contributed by atoms with E-state index in [1.807, 2.05) is 32.0 Å². The highest BCUT2D eigenvalue weighted by molar-refractivity contribution is 5.86. The summed E-state index contributed by atoms with van der Waals surface area (Å²) < 4.78 is 0. The smallest absolute Gasteiger partial charge is 0.0991 e. The summed E-state index contributed by atoms with van der Waals surface area (Å²) in [4.78, 5) is 4.50. The average molecular weight is 196 g/mol. The number of rotatable bonds is 0. The number of nitriles is 1. The Morgan fingerprint density at radius 3 is 2.47 bits per heavy atom. The summed E-state index contributed by atoms with van der Waals surface area (Å²) in [6.45, 7) is 6.04. The second-order valence-corrected chi connectivity index (χ2v) is 3.88. The molecule has 0 aliphatic rings. The van der Waals surface area contributed by atoms with Gasteiger partial charge in [0.1, 0.15) is 0 Å². The number of hydrogen-bond acceptors (Lipinski definition) is 2. The van der Waals surface area contributed by atoms with Crippen molar-refractivity contribution in [3.8, 4) is 6.07 Å². The van der Waals surface area contributed by atoms with E-state index in [1.54, 1.807) is 0 Å². The first-order chi connectivity index (χ1) is 7.11. The lowest BCUT2D eigenvalue weighted by Gasteiger charge is -2.06. The second kappa shape index (κ2) is 3.36. The van der Waals surface area contributed by atoms with Crippen molar-refractivity contribution >= 4 is 10.9 Å². The van der Waals surface area contributed by atoms with Gasteiger partial charge in [-0.15, -0.1) is 0 Å². The topological polar surface area (TPSA) is 36.7 Å². The molecule has 0 aliphatic carbocycles. The first kappa shape index (κ1) is 9.67. The average Bonchev–Trinajstić information content (AvgIpc) is 2.19. The summed E-state index contributed by atoms with van der Waals surface area (Å²) in [7, 11) is 0. The van der Waals surface area contributed by atoms with E-state index in [1.165, 1.54) is 5.56 Å². The van der Waals surface area contributed by atoms with Gasteiger partial charge in [0.05, 0.1) is 17.1 Å². The van der Waals surface area contributed by atoms with Gasteiger partial charge < -0.3 is 0 Å². The molecule has 0 N–H and O–H groups in total. The predicted molar refractivity (Wildman–Crippen MR) is 60.7 cm³/mol. The molecular formula is C13H12N2. The third kappa shape index (κ3) is 1.57. The molecule has 0 fully saturated rings. The van der Waals surface area contributed by atoms with Crippen LogP contribution in [-0.2, 0) is 0 Å². The molecule has 1 aromatic carbocycles. The van der Waals surface area contributed by atoms with Crippen molar-refractivity contribution in [2.24, 2.45) is 0 Å². The maximum Gasteiger partial charge on any atom is 0.0991 e. The summed E-state index contributed by atoms with van der Waals surface area (Å²) in [6, 6.07) is 8.01. The molecular weight excluding hydrogens is 184 g/mol. The van der Waals surface area contributed by atoms with Crippen LogP contribution in [-0.4, -0.2) is 4.98 Å². The van der Waals surface area contributed by atoms with Crippen LogP contribution in [0.5, 0.6) is 0 Å². The zero-order valence-corrected chi connectivity index (χ0v) is 9.13. The van der Waals surface area contributed by atoms with Crippen molar-refractivity contribution < 1.29 is 0 Å². The van der Waals surface area contributed by atoms with Gasteiger partial charge in [-0.25, -0.2) is 0 Å². The minimum Gasteiger partial charge on any atom is -0.253 e. The van der Waals surface area contributed by atoms with E-state index in [9.17, 15) is 0 Å². The van der Waals surface area contributed by atoms with E-state index in [0.717, 1.165) is 22.2 Å². The van der Waals surface area contributed by atoms with E-state index in [2.05, 4.69) is 18.0 Å². The van der Waals surface area contributed by atoms with Gasteiger partial charge in [-0.1, -0.05) is 0 Å². The van der Waals surface area contributed by atoms with Crippen LogP contribution in [0.25, 0.3) is 10.9 Å². The molecule has 0 bridgehead atoms. The van der Waals surface area contributed by atoms with Gasteiger partial charge in [0.25, 0.3) is 0 Å². The second-order valence-electron chi connectivity index (χ2n) is 3.88. The molecule has 0 radical (unpaired) electrons. The number of pyridine rings is 1. The third-order valence-corrected chi connectivity index (χ3v) is 2.57. The van der Waals surface area contributed by atoms with Gasteiger partial charge in [0.15, 0.2) is 0 Å². The van der Waals surface area contributed by atoms with E-state index >= 15 is 0 Å². The van der Waals surface area contributed by atoms with E-state index < -0.39 is 0 Å². The Kier molecular flexibility index (Phi) is 2.17. The van der Waals surface area contributed by atoms with Crippen LogP contribution >= 0.6 is 0 Å². The lowest BCUT2D eigenvalue weighted by molar-refractivity contribution is 1.22. The largest absolute Gasteiger partial charge is 0.253 e. The molecule has 15 heavy (non-hydrogen) atoms. The summed E-state index contributed by atoms with van der Waals surface area (Å²) in [6.07, 6.45) is 0. The van der Waals surface area contributed by atoms with Gasteiger partial charge in [-0.05, 0) is 50.1 Å². The molecule has 1 heterocycles. The number of benzene rings is 1. The zero-order valence-electron chi connectivity index (χ0n) is 9.13. The highest BCUT2D eigenvalue weighted by atomic mass is 14.7. The fraction of sp³-hybridized carbons (Fsp3) is 0.231. The Morgan fingerprint density at radius 2 is 1.80 bits per heavy atom. The van der Waals surface area contributed by atoms with Gasteiger partial charge in [-0.2, -0.15) is 5.26 Å². The first-order valence-corrected chi connectivity index (χ1v) is 4.90. The fourth-order valence-corrected chi connectivity index (χ4v) is 1.89. The molecule has 2 aromatic rings. The Labute approximate surface area is 89.2 Å². The Bertz CT molecular complexity index is 577. The lowest BCUT2D eigenvalue weighted by Crippen LogP contribution is -1.91. The van der Waals surface area contributed by atoms with Crippen molar-refractivity contribution in [1.29, 1.82) is 5.26 Å². The monoisotopic (exact) mass is 196 g/mol. The maximum absolute atomic E-state index is 8.90. The van der Waals surface area contributed by atoms with Crippen molar-refractivity contribution in [2.75, 3.05) is 0 Å². The fourth-order valence-electron chi connectivity index (χ4n) is 1.89. The van der Waals surface area contributed by atoms with Gasteiger partial charge in [0.2, 0.25) is 0 Å². The van der Waals surface area contributed by atoms with Gasteiger partial charge in [0, 0.05) is 11.1 Å².